The van der Waals surface area contributed by atoms with Gasteiger partial charge in [-0.15, -0.1) is 0 Å². The minimum atomic E-state index is -4.98. The van der Waals surface area contributed by atoms with Crippen LogP contribution in [0.3, 0.4) is 0 Å². The Hall–Kier alpha value is -3.41. The third kappa shape index (κ3) is 5.39. The molecule has 0 saturated heterocycles. The number of furan rings is 1. The molecule has 5 rings (SSSR count). The molecule has 0 amide bonds. The third-order valence-electron chi connectivity index (χ3n) is 5.81. The van der Waals surface area contributed by atoms with E-state index < -0.39 is 35.0 Å². The predicted octanol–water partition coefficient (Wildman–Crippen LogP) is 6.02. The number of hydrogen-bond acceptors (Lipinski definition) is 6. The largest absolute Gasteiger partial charge is 0.463 e. The molecule has 0 spiro atoms. The first kappa shape index (κ1) is 27.2. The second-order valence-electron chi connectivity index (χ2n) is 8.32. The topological polar surface area (TPSA) is 73.8 Å². The first-order chi connectivity index (χ1) is 18.6. The van der Waals surface area contributed by atoms with Gasteiger partial charge >= 0.3 is 12.1 Å². The fourth-order valence-corrected chi connectivity index (χ4v) is 5.50. The Balaban J connectivity index is 1.70. The summed E-state index contributed by atoms with van der Waals surface area (Å²) in [6.45, 7) is 1.31. The van der Waals surface area contributed by atoms with Crippen molar-refractivity contribution >= 4 is 50.9 Å². The van der Waals surface area contributed by atoms with Gasteiger partial charge in [-0.3, -0.25) is 9.36 Å². The molecular formula is C27H17BrClF3N2O4S. The molecule has 1 aliphatic rings. The molecule has 39 heavy (non-hydrogen) atoms. The van der Waals surface area contributed by atoms with E-state index in [4.69, 9.17) is 20.8 Å². The number of esters is 1. The average molecular weight is 638 g/mol. The Morgan fingerprint density at radius 1 is 1.15 bits per heavy atom. The smallest absolute Gasteiger partial charge is 0.434 e. The van der Waals surface area contributed by atoms with Gasteiger partial charge in [0.2, 0.25) is 0 Å². The van der Waals surface area contributed by atoms with Gasteiger partial charge in [-0.2, -0.15) is 13.2 Å². The maximum Gasteiger partial charge on any atom is 0.434 e. The number of alkyl halides is 3. The van der Waals surface area contributed by atoms with Crippen molar-refractivity contribution in [2.24, 2.45) is 4.99 Å². The maximum atomic E-state index is 14.2. The van der Waals surface area contributed by atoms with Crippen LogP contribution in [0.25, 0.3) is 17.4 Å². The molecule has 0 radical (unpaired) electrons. The lowest BCUT2D eigenvalue weighted by Crippen LogP contribution is -2.41. The minimum Gasteiger partial charge on any atom is -0.463 e. The van der Waals surface area contributed by atoms with E-state index in [-0.39, 0.29) is 21.5 Å². The molecule has 0 unspecified atom stereocenters. The van der Waals surface area contributed by atoms with E-state index in [1.165, 1.54) is 37.3 Å². The normalized spacial score (nSPS) is 15.7. The SMILES string of the molecule is CCOC(=O)C1=C(C(F)(F)F)N=c2s/c(=C\c3ccc(-c4ccc(Br)cc4)o3)c(=O)n2[C@H]1c1ccc(Cl)cc1. The number of thiazole rings is 1. The van der Waals surface area contributed by atoms with E-state index in [1.807, 2.05) is 24.3 Å². The molecular weight excluding hydrogens is 621 g/mol. The first-order valence-corrected chi connectivity index (χ1v) is 13.5. The van der Waals surface area contributed by atoms with Gasteiger partial charge in [-0.25, -0.2) is 9.79 Å². The number of hydrogen-bond donors (Lipinski definition) is 0. The number of carbonyl (C=O) groups is 1. The highest BCUT2D eigenvalue weighted by Gasteiger charge is 2.45. The van der Waals surface area contributed by atoms with Crippen LogP contribution in [0.1, 0.15) is 24.3 Å². The molecule has 200 valence electrons. The summed E-state index contributed by atoms with van der Waals surface area (Å²) in [4.78, 5) is 30.0. The van der Waals surface area contributed by atoms with E-state index in [1.54, 1.807) is 12.1 Å². The van der Waals surface area contributed by atoms with Crippen molar-refractivity contribution < 1.29 is 27.1 Å². The fraction of sp³-hybridized carbons (Fsp3) is 0.148. The number of benzene rings is 2. The number of halogens is 5. The van der Waals surface area contributed by atoms with Gasteiger partial charge in [0.25, 0.3) is 5.56 Å². The van der Waals surface area contributed by atoms with Crippen molar-refractivity contribution in [1.82, 2.24) is 4.57 Å². The zero-order valence-electron chi connectivity index (χ0n) is 20.0. The summed E-state index contributed by atoms with van der Waals surface area (Å²) < 4.78 is 55.5. The molecule has 0 N–H and O–H groups in total. The molecule has 12 heteroatoms. The van der Waals surface area contributed by atoms with Crippen molar-refractivity contribution in [3.8, 4) is 11.3 Å². The summed E-state index contributed by atoms with van der Waals surface area (Å²) in [6, 6.07) is 15.2. The number of rotatable bonds is 5. The molecule has 1 atom stereocenters. The summed E-state index contributed by atoms with van der Waals surface area (Å²) in [5.41, 5.74) is -1.79. The number of allylic oxidation sites excluding steroid dienone is 1. The van der Waals surface area contributed by atoms with Gasteiger partial charge < -0.3 is 9.15 Å². The Kier molecular flexibility index (Phi) is 7.41. The monoisotopic (exact) mass is 636 g/mol. The van der Waals surface area contributed by atoms with Crippen molar-refractivity contribution in [2.75, 3.05) is 6.61 Å². The Bertz CT molecular complexity index is 1770. The van der Waals surface area contributed by atoms with Gasteiger partial charge in [0.05, 0.1) is 22.8 Å². The van der Waals surface area contributed by atoms with E-state index in [0.29, 0.717) is 16.5 Å². The standard InChI is InChI=1S/C27H17BrClF3N2O4S/c1-2-37-25(36)21-22(15-5-9-17(29)10-6-15)34-24(35)20(39-26(34)33-23(21)27(30,31)32)13-18-11-12-19(38-18)14-3-7-16(28)8-4-14/h3-13,22H,2H2,1H3/b20-13-/t22-/m0/s1. The van der Waals surface area contributed by atoms with Crippen LogP contribution in [-0.4, -0.2) is 23.3 Å². The summed E-state index contributed by atoms with van der Waals surface area (Å²) in [6.07, 6.45) is -3.55. The zero-order chi connectivity index (χ0) is 27.9. The molecule has 2 aromatic carbocycles. The second kappa shape index (κ2) is 10.6. The summed E-state index contributed by atoms with van der Waals surface area (Å²) >= 11 is 10.1. The van der Waals surface area contributed by atoms with Gasteiger partial charge in [-0.05, 0) is 48.9 Å². The van der Waals surface area contributed by atoms with E-state index in [0.717, 1.165) is 25.9 Å². The number of aromatic nitrogens is 1. The highest BCUT2D eigenvalue weighted by Crippen LogP contribution is 2.38. The molecule has 0 bridgehead atoms. The molecule has 4 aromatic rings. The van der Waals surface area contributed by atoms with Crippen LogP contribution in [0.4, 0.5) is 13.2 Å². The van der Waals surface area contributed by atoms with E-state index in [2.05, 4.69) is 20.9 Å². The predicted molar refractivity (Wildman–Crippen MR) is 144 cm³/mol. The number of carbonyl (C=O) groups excluding carboxylic acids is 1. The lowest BCUT2D eigenvalue weighted by molar-refractivity contribution is -0.140. The molecule has 3 heterocycles. The highest BCUT2D eigenvalue weighted by molar-refractivity contribution is 9.10. The van der Waals surface area contributed by atoms with Crippen LogP contribution < -0.4 is 14.9 Å². The highest BCUT2D eigenvalue weighted by atomic mass is 79.9. The quantitative estimate of drug-likeness (QED) is 0.251. The third-order valence-corrected chi connectivity index (χ3v) is 7.57. The number of nitrogens with zero attached hydrogens (tertiary/aromatic N) is 2. The Labute approximate surface area is 236 Å². The Morgan fingerprint density at radius 2 is 1.85 bits per heavy atom. The van der Waals surface area contributed by atoms with Crippen LogP contribution in [0.5, 0.6) is 0 Å². The molecule has 6 nitrogen and oxygen atoms in total. The number of fused-ring (bicyclic) bond motifs is 1. The number of ether oxygens (including phenoxy) is 1. The van der Waals surface area contributed by atoms with Gasteiger partial charge in [0.1, 0.15) is 11.5 Å². The maximum absolute atomic E-state index is 14.2. The van der Waals surface area contributed by atoms with Crippen LogP contribution in [-0.2, 0) is 9.53 Å². The molecule has 1 aliphatic heterocycles. The summed E-state index contributed by atoms with van der Waals surface area (Å²) in [5, 5.41) is 0.336. The van der Waals surface area contributed by atoms with Crippen molar-refractivity contribution in [1.29, 1.82) is 0 Å². The Morgan fingerprint density at radius 3 is 2.49 bits per heavy atom. The van der Waals surface area contributed by atoms with Crippen LogP contribution in [0.15, 0.2) is 90.6 Å². The van der Waals surface area contributed by atoms with Crippen LogP contribution in [0.2, 0.25) is 5.02 Å². The second-order valence-corrected chi connectivity index (χ2v) is 10.7. The van der Waals surface area contributed by atoms with E-state index >= 15 is 0 Å². The zero-order valence-corrected chi connectivity index (χ0v) is 23.1. The molecule has 2 aromatic heterocycles. The van der Waals surface area contributed by atoms with Crippen molar-refractivity contribution in [3.63, 3.8) is 0 Å². The minimum absolute atomic E-state index is 0.0797. The first-order valence-electron chi connectivity index (χ1n) is 11.5. The molecule has 0 fully saturated rings. The van der Waals surface area contributed by atoms with Crippen LogP contribution in [0, 0.1) is 0 Å². The lowest BCUT2D eigenvalue weighted by atomic mass is 9.95. The van der Waals surface area contributed by atoms with Crippen molar-refractivity contribution in [2.45, 2.75) is 19.1 Å². The fourth-order valence-electron chi connectivity index (χ4n) is 4.13. The average Bonchev–Trinajstić information content (AvgIpc) is 3.48. The van der Waals surface area contributed by atoms with Gasteiger partial charge in [0.15, 0.2) is 10.5 Å². The lowest BCUT2D eigenvalue weighted by Gasteiger charge is -2.26. The summed E-state index contributed by atoms with van der Waals surface area (Å²) in [7, 11) is 0. The van der Waals surface area contributed by atoms with Crippen LogP contribution >= 0.6 is 38.9 Å². The van der Waals surface area contributed by atoms with Gasteiger partial charge in [-0.1, -0.05) is 63.1 Å². The van der Waals surface area contributed by atoms with Crippen molar-refractivity contribution in [3.05, 3.63) is 112 Å². The molecule has 0 aliphatic carbocycles. The van der Waals surface area contributed by atoms with Gasteiger partial charge in [0, 0.05) is 21.1 Å². The molecule has 0 saturated carbocycles. The summed E-state index contributed by atoms with van der Waals surface area (Å²) in [5.74, 6) is -0.348. The van der Waals surface area contributed by atoms with E-state index in [9.17, 15) is 22.8 Å².